The summed E-state index contributed by atoms with van der Waals surface area (Å²) in [6.45, 7) is 9.61. The van der Waals surface area contributed by atoms with Gasteiger partial charge in [0, 0.05) is 64.2 Å². The Labute approximate surface area is 338 Å². The molecule has 2 aromatic heterocycles. The fourth-order valence-corrected chi connectivity index (χ4v) is 12.9. The first-order valence-corrected chi connectivity index (χ1v) is 22.1. The van der Waals surface area contributed by atoms with Gasteiger partial charge < -0.3 is 10.2 Å². The molecule has 4 heteroatoms. The average Bonchev–Trinajstić information content (AvgIpc) is 3.91. The molecule has 5 aliphatic rings. The molecule has 1 N–H and O–H groups in total. The van der Waals surface area contributed by atoms with Gasteiger partial charge in [0.1, 0.15) is 0 Å². The summed E-state index contributed by atoms with van der Waals surface area (Å²) in [5.41, 5.74) is 15.2. The number of para-hydroxylation sites is 1. The Morgan fingerprint density at radius 2 is 1.50 bits per heavy atom. The number of rotatable bonds is 5. The van der Waals surface area contributed by atoms with Gasteiger partial charge >= 0.3 is 0 Å². The predicted molar refractivity (Wildman–Crippen MR) is 244 cm³/mol. The van der Waals surface area contributed by atoms with Crippen molar-refractivity contribution >= 4 is 76.0 Å². The number of nitrogens with one attached hydrogen (secondary N) is 1. The lowest BCUT2D eigenvalue weighted by Gasteiger charge is -2.40. The second kappa shape index (κ2) is 13.2. The summed E-state index contributed by atoms with van der Waals surface area (Å²) >= 11 is 3.88. The number of anilines is 2. The second-order valence-corrected chi connectivity index (χ2v) is 18.8. The van der Waals surface area contributed by atoms with Crippen LogP contribution in [-0.4, -0.2) is 6.04 Å². The SMILES string of the molecule is CC1=C(C2=C(N(C3=CC=C(c4cccc5c4sc4ccccc45)CC3C)c3ccc4sc5c(c4c3)C(C)CC=C5)C=CC3c4ccccc4NC23)C(C)CC=C1. The van der Waals surface area contributed by atoms with Crippen LogP contribution in [-0.2, 0) is 0 Å². The summed E-state index contributed by atoms with van der Waals surface area (Å²) in [4.78, 5) is 4.09. The summed E-state index contributed by atoms with van der Waals surface area (Å²) in [6, 6.07) is 32.2. The summed E-state index contributed by atoms with van der Waals surface area (Å²) in [6.07, 6.45) is 22.5. The molecule has 2 nitrogen and oxygen atoms in total. The molecular formula is C52H46N2S2. The van der Waals surface area contributed by atoms with Gasteiger partial charge in [0.15, 0.2) is 0 Å². The average molecular weight is 763 g/mol. The van der Waals surface area contributed by atoms with E-state index < -0.39 is 0 Å². The highest BCUT2D eigenvalue weighted by Gasteiger charge is 2.41. The van der Waals surface area contributed by atoms with Crippen LogP contribution >= 0.6 is 22.7 Å². The summed E-state index contributed by atoms with van der Waals surface area (Å²) in [5, 5.41) is 8.21. The van der Waals surface area contributed by atoms with Crippen molar-refractivity contribution in [3.63, 3.8) is 0 Å². The van der Waals surface area contributed by atoms with E-state index in [9.17, 15) is 0 Å². The number of nitrogens with zero attached hydrogens (tertiary/aromatic N) is 1. The van der Waals surface area contributed by atoms with Gasteiger partial charge in [-0.05, 0) is 125 Å². The monoisotopic (exact) mass is 762 g/mol. The third kappa shape index (κ3) is 5.26. The van der Waals surface area contributed by atoms with Crippen LogP contribution in [0, 0.1) is 11.8 Å². The molecule has 0 spiro atoms. The van der Waals surface area contributed by atoms with Crippen molar-refractivity contribution in [2.75, 3.05) is 10.2 Å². The minimum Gasteiger partial charge on any atom is -0.377 e. The van der Waals surface area contributed by atoms with Gasteiger partial charge in [0.25, 0.3) is 0 Å². The van der Waals surface area contributed by atoms with Crippen LogP contribution in [0.4, 0.5) is 11.4 Å². The van der Waals surface area contributed by atoms with Crippen molar-refractivity contribution in [1.82, 2.24) is 0 Å². The standard InChI is InChI=1S/C52H46N2S2/c1-30-12-9-13-31(2)48(30)50-44(26-24-39-37-15-5-7-19-42(37)53-51(39)50)54(35-23-27-46-41(29-35)49-32(3)14-10-21-47(49)55-46)43-25-22-34(28-33(43)4)36-17-11-18-40-38-16-6-8-20-45(38)56-52(36)40/h5-12,15-27,29,31-33,39,51,53H,13-14,28H2,1-4H3. The smallest absolute Gasteiger partial charge is 0.0641 e. The van der Waals surface area contributed by atoms with Gasteiger partial charge in [0.2, 0.25) is 0 Å². The molecule has 3 heterocycles. The molecule has 11 rings (SSSR count). The number of hydrogen-bond acceptors (Lipinski definition) is 4. The molecule has 0 amide bonds. The molecule has 0 saturated carbocycles. The molecule has 0 fully saturated rings. The van der Waals surface area contributed by atoms with E-state index in [2.05, 4.69) is 171 Å². The van der Waals surface area contributed by atoms with E-state index in [1.54, 1.807) is 0 Å². The van der Waals surface area contributed by atoms with Crippen LogP contribution in [0.15, 0.2) is 156 Å². The number of benzene rings is 4. The second-order valence-electron chi connectivity index (χ2n) is 16.6. The zero-order chi connectivity index (χ0) is 37.7. The Hall–Kier alpha value is -5.16. The Balaban J connectivity index is 1.14. The molecule has 276 valence electrons. The maximum atomic E-state index is 4.07. The highest BCUT2D eigenvalue weighted by atomic mass is 32.1. The number of hydrogen-bond donors (Lipinski definition) is 1. The van der Waals surface area contributed by atoms with E-state index in [0.29, 0.717) is 17.8 Å². The van der Waals surface area contributed by atoms with Crippen molar-refractivity contribution in [1.29, 1.82) is 0 Å². The molecule has 5 unspecified atom stereocenters. The van der Waals surface area contributed by atoms with Crippen LogP contribution in [0.3, 0.4) is 0 Å². The fourth-order valence-electron chi connectivity index (χ4n) is 10.5. The van der Waals surface area contributed by atoms with Gasteiger partial charge in [-0.25, -0.2) is 0 Å². The van der Waals surface area contributed by atoms with Crippen LogP contribution in [0.1, 0.15) is 80.4 Å². The first kappa shape index (κ1) is 34.1. The van der Waals surface area contributed by atoms with E-state index in [4.69, 9.17) is 0 Å². The van der Waals surface area contributed by atoms with Crippen molar-refractivity contribution in [3.8, 4) is 0 Å². The summed E-state index contributed by atoms with van der Waals surface area (Å²) < 4.78 is 4.14. The Morgan fingerprint density at radius 3 is 2.39 bits per heavy atom. The topological polar surface area (TPSA) is 15.3 Å². The minimum absolute atomic E-state index is 0.160. The van der Waals surface area contributed by atoms with Crippen molar-refractivity contribution in [2.45, 2.75) is 64.8 Å². The normalized spacial score (nSPS) is 24.0. The highest BCUT2D eigenvalue weighted by molar-refractivity contribution is 7.26. The molecule has 5 atom stereocenters. The summed E-state index contributed by atoms with van der Waals surface area (Å²) in [5.74, 6) is 1.52. The molecule has 6 aromatic rings. The van der Waals surface area contributed by atoms with Gasteiger partial charge in [-0.3, -0.25) is 0 Å². The fraction of sp³-hybridized carbons (Fsp3) is 0.231. The number of thiophene rings is 2. The third-order valence-electron chi connectivity index (χ3n) is 13.1. The minimum atomic E-state index is 0.160. The first-order chi connectivity index (χ1) is 27.4. The van der Waals surface area contributed by atoms with Crippen LogP contribution in [0.5, 0.6) is 0 Å². The lowest BCUT2D eigenvalue weighted by Crippen LogP contribution is -2.35. The molecule has 0 saturated heterocycles. The van der Waals surface area contributed by atoms with E-state index >= 15 is 0 Å². The van der Waals surface area contributed by atoms with E-state index in [1.807, 2.05) is 22.7 Å². The predicted octanol–water partition coefficient (Wildman–Crippen LogP) is 14.9. The Kier molecular flexibility index (Phi) is 8.05. The quantitative estimate of drug-likeness (QED) is 0.188. The largest absolute Gasteiger partial charge is 0.377 e. The van der Waals surface area contributed by atoms with Gasteiger partial charge in [-0.15, -0.1) is 22.7 Å². The third-order valence-corrected chi connectivity index (χ3v) is 15.5. The maximum absolute atomic E-state index is 4.07. The Bertz CT molecular complexity index is 2850. The molecule has 56 heavy (non-hydrogen) atoms. The Morgan fingerprint density at radius 1 is 0.696 bits per heavy atom. The number of allylic oxidation sites excluding steroid dienone is 9. The summed E-state index contributed by atoms with van der Waals surface area (Å²) in [7, 11) is 0. The highest BCUT2D eigenvalue weighted by Crippen LogP contribution is 2.51. The molecule has 0 bridgehead atoms. The lowest BCUT2D eigenvalue weighted by molar-refractivity contribution is 0.637. The van der Waals surface area contributed by atoms with Gasteiger partial charge in [-0.1, -0.05) is 106 Å². The van der Waals surface area contributed by atoms with Gasteiger partial charge in [-0.2, -0.15) is 0 Å². The molecule has 4 aromatic carbocycles. The van der Waals surface area contributed by atoms with E-state index in [0.717, 1.165) is 19.3 Å². The molecule has 0 radical (unpaired) electrons. The van der Waals surface area contributed by atoms with E-state index in [1.165, 1.54) is 96.9 Å². The molecule has 1 aliphatic heterocycles. The van der Waals surface area contributed by atoms with Gasteiger partial charge in [0.05, 0.1) is 11.7 Å². The van der Waals surface area contributed by atoms with Crippen LogP contribution in [0.2, 0.25) is 0 Å². The van der Waals surface area contributed by atoms with Crippen molar-refractivity contribution in [2.24, 2.45) is 11.8 Å². The zero-order valence-electron chi connectivity index (χ0n) is 32.5. The van der Waals surface area contributed by atoms with Crippen LogP contribution < -0.4 is 10.2 Å². The van der Waals surface area contributed by atoms with Crippen LogP contribution in [0.25, 0.3) is 41.9 Å². The number of fused-ring (bicyclic) bond motifs is 9. The lowest BCUT2D eigenvalue weighted by atomic mass is 9.74. The van der Waals surface area contributed by atoms with Crippen molar-refractivity contribution < 1.29 is 0 Å². The molecule has 4 aliphatic carbocycles. The molecular weight excluding hydrogens is 717 g/mol. The first-order valence-electron chi connectivity index (χ1n) is 20.4. The maximum Gasteiger partial charge on any atom is 0.0641 e. The zero-order valence-corrected chi connectivity index (χ0v) is 34.1. The van der Waals surface area contributed by atoms with E-state index in [-0.39, 0.29) is 12.0 Å². The van der Waals surface area contributed by atoms with Crippen molar-refractivity contribution in [3.05, 3.63) is 177 Å².